The maximum absolute atomic E-state index is 11.4. The van der Waals surface area contributed by atoms with Crippen molar-refractivity contribution in [3.8, 4) is 0 Å². The van der Waals surface area contributed by atoms with Crippen molar-refractivity contribution >= 4 is 26.9 Å². The van der Waals surface area contributed by atoms with E-state index in [1.807, 2.05) is 13.8 Å². The number of benzene rings is 1. The van der Waals surface area contributed by atoms with Crippen LogP contribution in [0, 0.1) is 0 Å². The Morgan fingerprint density at radius 2 is 1.96 bits per heavy atom. The van der Waals surface area contributed by atoms with Crippen molar-refractivity contribution in [1.29, 1.82) is 0 Å². The lowest BCUT2D eigenvalue weighted by Gasteiger charge is -2.26. The van der Waals surface area contributed by atoms with Gasteiger partial charge in [-0.3, -0.25) is 4.99 Å². The predicted molar refractivity (Wildman–Crippen MR) is 113 cm³/mol. The average molecular weight is 394 g/mol. The Labute approximate surface area is 162 Å². The van der Waals surface area contributed by atoms with Crippen LogP contribution in [0.2, 0.25) is 0 Å². The molecule has 0 fully saturated rings. The van der Waals surface area contributed by atoms with Gasteiger partial charge in [-0.1, -0.05) is 25.1 Å². The lowest BCUT2D eigenvalue weighted by molar-refractivity contribution is 0.446. The molecular formula is C19H31N5O2S. The van der Waals surface area contributed by atoms with Gasteiger partial charge in [0.25, 0.3) is 0 Å². The maximum atomic E-state index is 11.4. The number of rotatable bonds is 8. The smallest absolute Gasteiger partial charge is 0.209 e. The Balaban J connectivity index is 1.90. The van der Waals surface area contributed by atoms with Gasteiger partial charge in [-0.2, -0.15) is 0 Å². The highest BCUT2D eigenvalue weighted by atomic mass is 32.2. The molecule has 0 spiro atoms. The van der Waals surface area contributed by atoms with E-state index in [9.17, 15) is 8.42 Å². The van der Waals surface area contributed by atoms with E-state index in [2.05, 4.69) is 56.7 Å². The van der Waals surface area contributed by atoms with Gasteiger partial charge in [0.2, 0.25) is 10.0 Å². The van der Waals surface area contributed by atoms with E-state index in [4.69, 9.17) is 0 Å². The van der Waals surface area contributed by atoms with Gasteiger partial charge >= 0.3 is 0 Å². The summed E-state index contributed by atoms with van der Waals surface area (Å²) in [7, 11) is -1.56. The number of aromatic nitrogens is 1. The second-order valence-electron chi connectivity index (χ2n) is 7.37. The molecule has 1 aromatic carbocycles. The largest absolute Gasteiger partial charge is 0.361 e. The lowest BCUT2D eigenvalue weighted by atomic mass is 10.1. The number of aryl methyl sites for hydroxylation is 1. The highest BCUT2D eigenvalue weighted by Crippen LogP contribution is 2.22. The van der Waals surface area contributed by atoms with Gasteiger partial charge in [0.1, 0.15) is 0 Å². The van der Waals surface area contributed by atoms with Crippen molar-refractivity contribution in [2.75, 3.05) is 26.4 Å². The first-order chi connectivity index (χ1) is 12.6. The Morgan fingerprint density at radius 1 is 1.22 bits per heavy atom. The first-order valence-electron chi connectivity index (χ1n) is 9.16. The number of guanidine groups is 1. The van der Waals surface area contributed by atoms with E-state index in [0.29, 0.717) is 12.5 Å². The van der Waals surface area contributed by atoms with Crippen LogP contribution in [-0.2, 0) is 22.9 Å². The van der Waals surface area contributed by atoms with Gasteiger partial charge < -0.3 is 15.6 Å². The summed E-state index contributed by atoms with van der Waals surface area (Å²) >= 11 is 0. The van der Waals surface area contributed by atoms with E-state index >= 15 is 0 Å². The molecule has 27 heavy (non-hydrogen) atoms. The van der Waals surface area contributed by atoms with E-state index < -0.39 is 15.6 Å². The standard InChI is InChI=1S/C19H31N5O2S/c1-6-14-8-7-9-16-15(12-22-17(14)16)10-11-21-18(20-4)23-13-19(2,3)24-27(5,25)26/h7-9,12,22,24H,6,10-11,13H2,1-5H3,(H2,20,21,23). The molecule has 0 saturated carbocycles. The van der Waals surface area contributed by atoms with Crippen LogP contribution in [-0.4, -0.2) is 51.3 Å². The highest BCUT2D eigenvalue weighted by Gasteiger charge is 2.22. The lowest BCUT2D eigenvalue weighted by Crippen LogP contribution is -2.53. The van der Waals surface area contributed by atoms with Gasteiger partial charge in [-0.25, -0.2) is 13.1 Å². The highest BCUT2D eigenvalue weighted by molar-refractivity contribution is 7.88. The minimum absolute atomic E-state index is 0.423. The molecule has 0 aliphatic rings. The van der Waals surface area contributed by atoms with Crippen LogP contribution in [0.15, 0.2) is 29.4 Å². The summed E-state index contributed by atoms with van der Waals surface area (Å²) < 4.78 is 25.5. The zero-order chi connectivity index (χ0) is 20.1. The van der Waals surface area contributed by atoms with Crippen LogP contribution < -0.4 is 15.4 Å². The molecular weight excluding hydrogens is 362 g/mol. The number of nitrogens with one attached hydrogen (secondary N) is 4. The van der Waals surface area contributed by atoms with E-state index in [1.54, 1.807) is 7.05 Å². The Hall–Kier alpha value is -2.06. The van der Waals surface area contributed by atoms with Crippen molar-refractivity contribution < 1.29 is 8.42 Å². The van der Waals surface area contributed by atoms with Gasteiger partial charge in [0.05, 0.1) is 6.26 Å². The predicted octanol–water partition coefficient (Wildman–Crippen LogP) is 1.77. The maximum Gasteiger partial charge on any atom is 0.209 e. The second-order valence-corrected chi connectivity index (χ2v) is 9.12. The van der Waals surface area contributed by atoms with Gasteiger partial charge in [-0.05, 0) is 37.8 Å². The fourth-order valence-electron chi connectivity index (χ4n) is 3.16. The Kier molecular flexibility index (Phi) is 6.89. The van der Waals surface area contributed by atoms with Crippen LogP contribution in [0.3, 0.4) is 0 Å². The number of hydrogen-bond acceptors (Lipinski definition) is 3. The molecule has 8 heteroatoms. The van der Waals surface area contributed by atoms with Gasteiger partial charge in [0, 0.05) is 42.8 Å². The van der Waals surface area contributed by atoms with Crippen molar-refractivity contribution in [2.45, 2.75) is 39.2 Å². The monoisotopic (exact) mass is 393 g/mol. The molecule has 150 valence electrons. The van der Waals surface area contributed by atoms with E-state index in [1.165, 1.54) is 22.0 Å². The summed E-state index contributed by atoms with van der Waals surface area (Å²) in [5, 5.41) is 7.72. The third kappa shape index (κ3) is 6.25. The summed E-state index contributed by atoms with van der Waals surface area (Å²) in [5.74, 6) is 0.646. The van der Waals surface area contributed by atoms with Crippen molar-refractivity contribution in [3.05, 3.63) is 35.5 Å². The summed E-state index contributed by atoms with van der Waals surface area (Å²) in [6, 6.07) is 6.40. The molecule has 0 radical (unpaired) electrons. The minimum atomic E-state index is -3.26. The summed E-state index contributed by atoms with van der Waals surface area (Å²) in [6.07, 6.45) is 5.09. The number of para-hydroxylation sites is 1. The van der Waals surface area contributed by atoms with Gasteiger partial charge in [-0.15, -0.1) is 0 Å². The van der Waals surface area contributed by atoms with Crippen LogP contribution >= 0.6 is 0 Å². The first-order valence-corrected chi connectivity index (χ1v) is 11.1. The van der Waals surface area contributed by atoms with Crippen LogP contribution in [0.1, 0.15) is 31.9 Å². The van der Waals surface area contributed by atoms with Crippen LogP contribution in [0.5, 0.6) is 0 Å². The molecule has 2 aromatic rings. The molecule has 0 saturated heterocycles. The molecule has 4 N–H and O–H groups in total. The van der Waals surface area contributed by atoms with E-state index in [0.717, 1.165) is 25.6 Å². The second kappa shape index (κ2) is 8.75. The zero-order valence-corrected chi connectivity index (χ0v) is 17.6. The molecule has 0 atom stereocenters. The number of nitrogens with zero attached hydrogens (tertiary/aromatic N) is 1. The number of H-pyrrole nitrogens is 1. The number of sulfonamides is 1. The number of aromatic amines is 1. The van der Waals surface area contributed by atoms with E-state index in [-0.39, 0.29) is 0 Å². The summed E-state index contributed by atoms with van der Waals surface area (Å²) in [5.41, 5.74) is 3.19. The van der Waals surface area contributed by atoms with Crippen molar-refractivity contribution in [3.63, 3.8) is 0 Å². The molecule has 0 aliphatic heterocycles. The SMILES string of the molecule is CCc1cccc2c(CCNC(=NC)NCC(C)(C)NS(C)(=O)=O)c[nH]c12. The molecule has 7 nitrogen and oxygen atoms in total. The minimum Gasteiger partial charge on any atom is -0.361 e. The Morgan fingerprint density at radius 3 is 2.59 bits per heavy atom. The average Bonchev–Trinajstić information content (AvgIpc) is 2.99. The summed E-state index contributed by atoms with van der Waals surface area (Å²) in [6.45, 7) is 6.96. The number of hydrogen-bond donors (Lipinski definition) is 4. The molecule has 0 aliphatic carbocycles. The number of aliphatic imine (C=N–C) groups is 1. The molecule has 0 amide bonds. The first kappa shape index (κ1) is 21.2. The molecule has 0 unspecified atom stereocenters. The van der Waals surface area contributed by atoms with Gasteiger partial charge in [0.15, 0.2) is 5.96 Å². The third-order valence-electron chi connectivity index (χ3n) is 4.34. The zero-order valence-electron chi connectivity index (χ0n) is 16.8. The summed E-state index contributed by atoms with van der Waals surface area (Å²) in [4.78, 5) is 7.59. The molecule has 2 rings (SSSR count). The Bertz CT molecular complexity index is 900. The molecule has 1 heterocycles. The van der Waals surface area contributed by atoms with Crippen LogP contribution in [0.4, 0.5) is 0 Å². The quantitative estimate of drug-likeness (QED) is 0.406. The van der Waals surface area contributed by atoms with Crippen molar-refractivity contribution in [1.82, 2.24) is 20.3 Å². The third-order valence-corrected chi connectivity index (χ3v) is 5.26. The topological polar surface area (TPSA) is 98.4 Å². The molecule has 0 bridgehead atoms. The fraction of sp³-hybridized carbons (Fsp3) is 0.526. The van der Waals surface area contributed by atoms with Crippen molar-refractivity contribution in [2.24, 2.45) is 4.99 Å². The normalized spacial score (nSPS) is 13.1. The fourth-order valence-corrected chi connectivity index (χ4v) is 4.23. The van der Waals surface area contributed by atoms with Crippen LogP contribution in [0.25, 0.3) is 10.9 Å². The molecule has 1 aromatic heterocycles. The number of fused-ring (bicyclic) bond motifs is 1.